The molecule has 0 aliphatic rings. The lowest BCUT2D eigenvalue weighted by Gasteiger charge is -2.06. The third kappa shape index (κ3) is 4.41. The third-order valence-corrected chi connectivity index (χ3v) is 2.44. The molecule has 0 saturated heterocycles. The van der Waals surface area contributed by atoms with Gasteiger partial charge in [-0.25, -0.2) is 9.97 Å². The first-order valence-corrected chi connectivity index (χ1v) is 5.96. The van der Waals surface area contributed by atoms with Crippen molar-refractivity contribution in [3.05, 3.63) is 66.7 Å². The van der Waals surface area contributed by atoms with Crippen LogP contribution in [0.25, 0.3) is 11.4 Å². The van der Waals surface area contributed by atoms with Crippen LogP contribution in [0.15, 0.2) is 61.2 Å². The smallest absolute Gasteiger partial charge is 0.286 e. The Labute approximate surface area is 118 Å². The summed E-state index contributed by atoms with van der Waals surface area (Å²) in [6, 6.07) is 8.24. The maximum Gasteiger partial charge on any atom is 0.416 e. The molecule has 0 radical (unpaired) electrons. The lowest BCUT2D eigenvalue weighted by atomic mass is 10.1. The van der Waals surface area contributed by atoms with Crippen molar-refractivity contribution in [2.24, 2.45) is 0 Å². The summed E-state index contributed by atoms with van der Waals surface area (Å²) in [5.41, 5.74) is -0.110. The van der Waals surface area contributed by atoms with E-state index in [1.54, 1.807) is 30.9 Å². The zero-order valence-corrected chi connectivity index (χ0v) is 10.7. The largest absolute Gasteiger partial charge is 0.416 e. The molecule has 0 unspecified atom stereocenters. The normalized spacial score (nSPS) is 10.6. The average Bonchev–Trinajstić information content (AvgIpc) is 3.07. The summed E-state index contributed by atoms with van der Waals surface area (Å²) in [5.74, 6) is 0.413. The molecule has 3 aromatic rings. The molecule has 0 spiro atoms. The molecule has 0 bridgehead atoms. The van der Waals surface area contributed by atoms with Crippen molar-refractivity contribution in [1.29, 1.82) is 0 Å². The van der Waals surface area contributed by atoms with Crippen LogP contribution in [0, 0.1) is 0 Å². The summed E-state index contributed by atoms with van der Waals surface area (Å²) >= 11 is 0. The quantitative estimate of drug-likeness (QED) is 0.746. The molecule has 0 saturated carbocycles. The fourth-order valence-electron chi connectivity index (χ4n) is 1.47. The minimum atomic E-state index is -4.31. The fraction of sp³-hybridized carbons (Fsp3) is 0.0714. The van der Waals surface area contributed by atoms with Gasteiger partial charge < -0.3 is 0 Å². The van der Waals surface area contributed by atoms with Crippen LogP contribution >= 0.6 is 0 Å². The Kier molecular flexibility index (Phi) is 4.65. The number of hydrogen-bond acceptors (Lipinski definition) is 3. The Bertz CT molecular complexity index is 617. The Morgan fingerprint density at radius 2 is 1.52 bits per heavy atom. The van der Waals surface area contributed by atoms with Gasteiger partial charge in [0.15, 0.2) is 5.82 Å². The number of hydrogen-bond donors (Lipinski definition) is 1. The number of nitrogens with zero attached hydrogens (tertiary/aromatic N) is 3. The number of alkyl halides is 3. The Hall–Kier alpha value is -2.70. The van der Waals surface area contributed by atoms with Gasteiger partial charge in [0.05, 0.1) is 5.56 Å². The molecule has 0 atom stereocenters. The number of rotatable bonds is 1. The van der Waals surface area contributed by atoms with E-state index in [0.29, 0.717) is 11.4 Å². The highest BCUT2D eigenvalue weighted by Gasteiger charge is 2.29. The topological polar surface area (TPSA) is 54.5 Å². The highest BCUT2D eigenvalue weighted by atomic mass is 19.4. The van der Waals surface area contributed by atoms with Gasteiger partial charge in [0, 0.05) is 30.4 Å². The van der Waals surface area contributed by atoms with Gasteiger partial charge in [-0.3, -0.25) is 5.10 Å². The van der Waals surface area contributed by atoms with Crippen molar-refractivity contribution in [3.63, 3.8) is 0 Å². The van der Waals surface area contributed by atoms with Gasteiger partial charge >= 0.3 is 6.18 Å². The van der Waals surface area contributed by atoms with Gasteiger partial charge in [-0.2, -0.15) is 18.3 Å². The second-order valence-corrected chi connectivity index (χ2v) is 3.91. The van der Waals surface area contributed by atoms with Crippen molar-refractivity contribution in [3.8, 4) is 11.4 Å². The molecule has 2 heterocycles. The number of H-pyrrole nitrogens is 1. The van der Waals surface area contributed by atoms with E-state index in [0.717, 1.165) is 12.1 Å². The lowest BCUT2D eigenvalue weighted by molar-refractivity contribution is -0.137. The van der Waals surface area contributed by atoms with Gasteiger partial charge in [-0.05, 0) is 24.3 Å². The first-order valence-electron chi connectivity index (χ1n) is 5.96. The third-order valence-electron chi connectivity index (χ3n) is 2.44. The Morgan fingerprint density at radius 3 is 1.95 bits per heavy atom. The van der Waals surface area contributed by atoms with Crippen molar-refractivity contribution in [2.45, 2.75) is 6.18 Å². The predicted octanol–water partition coefficient (Wildman–Crippen LogP) is 3.57. The van der Waals surface area contributed by atoms with Crippen molar-refractivity contribution in [2.75, 3.05) is 0 Å². The van der Waals surface area contributed by atoms with Crippen molar-refractivity contribution < 1.29 is 13.2 Å². The molecule has 0 fully saturated rings. The van der Waals surface area contributed by atoms with E-state index in [1.165, 1.54) is 12.1 Å². The second-order valence-electron chi connectivity index (χ2n) is 3.91. The molecule has 0 amide bonds. The van der Waals surface area contributed by atoms with E-state index in [-0.39, 0.29) is 0 Å². The highest BCUT2D eigenvalue weighted by Crippen LogP contribution is 2.30. The van der Waals surface area contributed by atoms with E-state index < -0.39 is 11.7 Å². The van der Waals surface area contributed by atoms with Crippen LogP contribution in [0.4, 0.5) is 13.2 Å². The number of nitrogens with one attached hydrogen (secondary N) is 1. The van der Waals surface area contributed by atoms with Crippen LogP contribution in [0.3, 0.4) is 0 Å². The SMILES string of the molecule is FC(F)(F)c1ccc(-c2ncccn2)cc1.c1cn[nH]c1. The summed E-state index contributed by atoms with van der Waals surface area (Å²) in [4.78, 5) is 7.90. The molecule has 2 aromatic heterocycles. The molecule has 7 heteroatoms. The zero-order valence-electron chi connectivity index (χ0n) is 10.7. The van der Waals surface area contributed by atoms with Gasteiger partial charge in [-0.1, -0.05) is 12.1 Å². The summed E-state index contributed by atoms with van der Waals surface area (Å²) in [6.45, 7) is 0. The van der Waals surface area contributed by atoms with E-state index in [4.69, 9.17) is 0 Å². The minimum absolute atomic E-state index is 0.413. The fourth-order valence-corrected chi connectivity index (χ4v) is 1.47. The van der Waals surface area contributed by atoms with Crippen molar-refractivity contribution in [1.82, 2.24) is 20.2 Å². The van der Waals surface area contributed by atoms with E-state index in [2.05, 4.69) is 20.2 Å². The summed E-state index contributed by atoms with van der Waals surface area (Å²) in [5, 5.41) is 6.21. The first kappa shape index (κ1) is 14.7. The molecule has 4 nitrogen and oxygen atoms in total. The van der Waals surface area contributed by atoms with Crippen LogP contribution in [0.2, 0.25) is 0 Å². The van der Waals surface area contributed by atoms with E-state index in [9.17, 15) is 13.2 Å². The molecule has 0 aliphatic carbocycles. The highest BCUT2D eigenvalue weighted by molar-refractivity contribution is 5.54. The number of halogens is 3. The minimum Gasteiger partial charge on any atom is -0.286 e. The number of benzene rings is 1. The summed E-state index contributed by atoms with van der Waals surface area (Å²) < 4.78 is 36.9. The van der Waals surface area contributed by atoms with Crippen molar-refractivity contribution >= 4 is 0 Å². The van der Waals surface area contributed by atoms with Gasteiger partial charge in [0.25, 0.3) is 0 Å². The van der Waals surface area contributed by atoms with Gasteiger partial charge in [-0.15, -0.1) is 0 Å². The van der Waals surface area contributed by atoms with Crippen LogP contribution in [0.5, 0.6) is 0 Å². The molecule has 21 heavy (non-hydrogen) atoms. The molecule has 1 aromatic carbocycles. The maximum atomic E-state index is 12.3. The zero-order chi connectivity index (χ0) is 15.1. The molecule has 0 aliphatic heterocycles. The lowest BCUT2D eigenvalue weighted by Crippen LogP contribution is -2.04. The maximum absolute atomic E-state index is 12.3. The Balaban J connectivity index is 0.000000272. The van der Waals surface area contributed by atoms with Crippen LogP contribution < -0.4 is 0 Å². The molecule has 1 N–H and O–H groups in total. The number of aromatic amines is 1. The Morgan fingerprint density at radius 1 is 0.857 bits per heavy atom. The molecule has 108 valence electrons. The first-order chi connectivity index (χ1) is 10.1. The van der Waals surface area contributed by atoms with E-state index >= 15 is 0 Å². The van der Waals surface area contributed by atoms with Crippen LogP contribution in [-0.2, 0) is 6.18 Å². The monoisotopic (exact) mass is 292 g/mol. The molecule has 3 rings (SSSR count). The van der Waals surface area contributed by atoms with Crippen LogP contribution in [0.1, 0.15) is 5.56 Å². The standard InChI is InChI=1S/C11H7F3N2.C3H4N2/c12-11(13,14)9-4-2-8(3-5-9)10-15-6-1-7-16-10;1-2-4-5-3-1/h1-7H;1-3H,(H,4,5). The summed E-state index contributed by atoms with van der Waals surface area (Å²) in [7, 11) is 0. The van der Waals surface area contributed by atoms with Gasteiger partial charge in [0.2, 0.25) is 0 Å². The average molecular weight is 292 g/mol. The van der Waals surface area contributed by atoms with E-state index in [1.807, 2.05) is 6.07 Å². The summed E-state index contributed by atoms with van der Waals surface area (Å²) in [6.07, 6.45) is 2.23. The van der Waals surface area contributed by atoms with Gasteiger partial charge in [0.1, 0.15) is 0 Å². The number of aromatic nitrogens is 4. The molecular weight excluding hydrogens is 281 g/mol. The van der Waals surface area contributed by atoms with Crippen LogP contribution in [-0.4, -0.2) is 20.2 Å². The second kappa shape index (κ2) is 6.65. The molecular formula is C14H11F3N4. The predicted molar refractivity (Wildman–Crippen MR) is 71.1 cm³/mol.